The smallest absolute Gasteiger partial charge is 0.00947 e. The molecule has 0 aromatic heterocycles. The van der Waals surface area contributed by atoms with Gasteiger partial charge in [0.2, 0.25) is 0 Å². The molecular weight excluding hydrogens is 208 g/mol. The molecule has 1 heterocycles. The summed E-state index contributed by atoms with van der Waals surface area (Å²) >= 11 is 0. The third kappa shape index (κ3) is 3.55. The molecule has 1 saturated heterocycles. The molecule has 0 spiro atoms. The molecule has 2 heteroatoms. The van der Waals surface area contributed by atoms with Crippen LogP contribution in [-0.2, 0) is 6.42 Å². The molecule has 17 heavy (non-hydrogen) atoms. The Hall–Kier alpha value is -0.860. The number of hydrogen-bond donors (Lipinski definition) is 1. The first-order chi connectivity index (χ1) is 8.29. The highest BCUT2D eigenvalue weighted by atomic mass is 15.1. The molecule has 0 radical (unpaired) electrons. The summed E-state index contributed by atoms with van der Waals surface area (Å²) in [5, 5.41) is 0. The molecule has 94 valence electrons. The third-order valence-corrected chi connectivity index (χ3v) is 3.76. The monoisotopic (exact) mass is 232 g/mol. The molecule has 1 aromatic carbocycles. The van der Waals surface area contributed by atoms with Crippen molar-refractivity contribution in [1.82, 2.24) is 4.90 Å². The van der Waals surface area contributed by atoms with Crippen LogP contribution in [0.1, 0.15) is 25.3 Å². The maximum absolute atomic E-state index is 6.26. The van der Waals surface area contributed by atoms with Crippen LogP contribution in [0.15, 0.2) is 30.3 Å². The highest BCUT2D eigenvalue weighted by Gasteiger charge is 2.26. The third-order valence-electron chi connectivity index (χ3n) is 3.76. The van der Waals surface area contributed by atoms with Gasteiger partial charge in [-0.3, -0.25) is 0 Å². The van der Waals surface area contributed by atoms with E-state index in [0.717, 1.165) is 12.8 Å². The fourth-order valence-electron chi connectivity index (χ4n) is 2.78. The topological polar surface area (TPSA) is 29.3 Å². The van der Waals surface area contributed by atoms with Gasteiger partial charge in [0, 0.05) is 12.6 Å². The first-order valence-corrected chi connectivity index (χ1v) is 6.81. The van der Waals surface area contributed by atoms with Gasteiger partial charge in [-0.05, 0) is 43.8 Å². The van der Waals surface area contributed by atoms with E-state index < -0.39 is 0 Å². The Labute approximate surface area is 105 Å². The average Bonchev–Trinajstić information content (AvgIpc) is 2.35. The van der Waals surface area contributed by atoms with Crippen molar-refractivity contribution in [1.29, 1.82) is 0 Å². The van der Waals surface area contributed by atoms with Crippen molar-refractivity contribution in [3.8, 4) is 0 Å². The van der Waals surface area contributed by atoms with E-state index in [0.29, 0.717) is 12.0 Å². The Morgan fingerprint density at radius 1 is 1.29 bits per heavy atom. The summed E-state index contributed by atoms with van der Waals surface area (Å²) in [5.41, 5.74) is 7.68. The van der Waals surface area contributed by atoms with Crippen LogP contribution < -0.4 is 5.73 Å². The van der Waals surface area contributed by atoms with Crippen molar-refractivity contribution in [3.05, 3.63) is 35.9 Å². The quantitative estimate of drug-likeness (QED) is 0.863. The van der Waals surface area contributed by atoms with Crippen LogP contribution in [0.5, 0.6) is 0 Å². The van der Waals surface area contributed by atoms with Gasteiger partial charge < -0.3 is 10.6 Å². The van der Waals surface area contributed by atoms with Crippen LogP contribution >= 0.6 is 0 Å². The summed E-state index contributed by atoms with van der Waals surface area (Å²) in [5.74, 6) is 0.623. The minimum absolute atomic E-state index is 0.378. The van der Waals surface area contributed by atoms with Crippen LogP contribution in [-0.4, -0.2) is 30.6 Å². The number of nitrogens with two attached hydrogens (primary N) is 1. The predicted octanol–water partition coefficient (Wildman–Crippen LogP) is 2.29. The van der Waals surface area contributed by atoms with Crippen molar-refractivity contribution >= 4 is 0 Å². The summed E-state index contributed by atoms with van der Waals surface area (Å²) < 4.78 is 0. The van der Waals surface area contributed by atoms with Crippen LogP contribution in [0.25, 0.3) is 0 Å². The van der Waals surface area contributed by atoms with E-state index in [2.05, 4.69) is 42.2 Å². The molecule has 1 aliphatic heterocycles. The fourth-order valence-corrected chi connectivity index (χ4v) is 2.78. The number of likely N-dealkylation sites (tertiary alicyclic amines) is 1. The minimum atomic E-state index is 0.378. The second kappa shape index (κ2) is 6.18. The lowest BCUT2D eigenvalue weighted by molar-refractivity contribution is 0.155. The largest absolute Gasteiger partial charge is 0.327 e. The van der Waals surface area contributed by atoms with Crippen LogP contribution in [0.4, 0.5) is 0 Å². The molecule has 1 fully saturated rings. The van der Waals surface area contributed by atoms with Crippen LogP contribution in [0.3, 0.4) is 0 Å². The van der Waals surface area contributed by atoms with Crippen molar-refractivity contribution in [2.45, 2.75) is 32.2 Å². The van der Waals surface area contributed by atoms with E-state index in [1.165, 1.54) is 31.6 Å². The summed E-state index contributed by atoms with van der Waals surface area (Å²) in [4.78, 5) is 2.57. The number of piperidine rings is 1. The summed E-state index contributed by atoms with van der Waals surface area (Å²) in [6.45, 7) is 5.82. The van der Waals surface area contributed by atoms with E-state index in [1.807, 2.05) is 0 Å². The number of nitrogens with zero attached hydrogens (tertiary/aromatic N) is 1. The van der Waals surface area contributed by atoms with E-state index >= 15 is 0 Å². The zero-order valence-electron chi connectivity index (χ0n) is 10.8. The average molecular weight is 232 g/mol. The number of rotatable bonds is 4. The second-order valence-corrected chi connectivity index (χ2v) is 5.20. The van der Waals surface area contributed by atoms with Gasteiger partial charge in [0.15, 0.2) is 0 Å². The van der Waals surface area contributed by atoms with Crippen molar-refractivity contribution in [2.24, 2.45) is 11.7 Å². The van der Waals surface area contributed by atoms with Crippen molar-refractivity contribution in [2.75, 3.05) is 19.6 Å². The Morgan fingerprint density at radius 2 is 2.06 bits per heavy atom. The molecule has 2 atom stereocenters. The first-order valence-electron chi connectivity index (χ1n) is 6.81. The Morgan fingerprint density at radius 3 is 2.76 bits per heavy atom. The molecule has 2 N–H and O–H groups in total. The molecule has 0 unspecified atom stereocenters. The van der Waals surface area contributed by atoms with Gasteiger partial charge in [-0.25, -0.2) is 0 Å². The Bertz CT molecular complexity index is 323. The highest BCUT2D eigenvalue weighted by Crippen LogP contribution is 2.20. The Kier molecular flexibility index (Phi) is 4.57. The zero-order valence-corrected chi connectivity index (χ0v) is 10.8. The minimum Gasteiger partial charge on any atom is -0.327 e. The summed E-state index contributed by atoms with van der Waals surface area (Å²) in [6, 6.07) is 11.1. The molecule has 0 aliphatic carbocycles. The predicted molar refractivity (Wildman–Crippen MR) is 73.0 cm³/mol. The van der Waals surface area contributed by atoms with Gasteiger partial charge >= 0.3 is 0 Å². The highest BCUT2D eigenvalue weighted by molar-refractivity contribution is 5.16. The standard InChI is InChI=1S/C15H24N2/c1-2-9-17-10-8-15(16)14(12-17)11-13-6-4-3-5-7-13/h3-7,14-15H,2,8-12,16H2,1H3/t14-,15-/m0/s1. The maximum atomic E-state index is 6.26. The summed E-state index contributed by atoms with van der Waals surface area (Å²) in [7, 11) is 0. The van der Waals surface area contributed by atoms with E-state index in [-0.39, 0.29) is 0 Å². The Balaban J connectivity index is 1.94. The van der Waals surface area contributed by atoms with Gasteiger partial charge in [0.1, 0.15) is 0 Å². The molecule has 1 aliphatic rings. The molecule has 1 aromatic rings. The summed E-state index contributed by atoms with van der Waals surface area (Å²) in [6.07, 6.45) is 3.52. The van der Waals surface area contributed by atoms with E-state index in [4.69, 9.17) is 5.73 Å². The van der Waals surface area contributed by atoms with Gasteiger partial charge in [-0.2, -0.15) is 0 Å². The van der Waals surface area contributed by atoms with Gasteiger partial charge in [-0.1, -0.05) is 37.3 Å². The van der Waals surface area contributed by atoms with Crippen molar-refractivity contribution < 1.29 is 0 Å². The van der Waals surface area contributed by atoms with Crippen LogP contribution in [0.2, 0.25) is 0 Å². The maximum Gasteiger partial charge on any atom is 0.00947 e. The zero-order chi connectivity index (χ0) is 12.1. The van der Waals surface area contributed by atoms with E-state index in [1.54, 1.807) is 0 Å². The second-order valence-electron chi connectivity index (χ2n) is 5.20. The van der Waals surface area contributed by atoms with Gasteiger partial charge in [0.25, 0.3) is 0 Å². The fraction of sp³-hybridized carbons (Fsp3) is 0.600. The molecular formula is C15H24N2. The van der Waals surface area contributed by atoms with Crippen molar-refractivity contribution in [3.63, 3.8) is 0 Å². The normalized spacial score (nSPS) is 26.0. The number of hydrogen-bond acceptors (Lipinski definition) is 2. The molecule has 2 nitrogen and oxygen atoms in total. The number of benzene rings is 1. The molecule has 0 amide bonds. The van der Waals surface area contributed by atoms with Gasteiger partial charge in [0.05, 0.1) is 0 Å². The molecule has 0 bridgehead atoms. The van der Waals surface area contributed by atoms with Gasteiger partial charge in [-0.15, -0.1) is 0 Å². The lowest BCUT2D eigenvalue weighted by atomic mass is 9.87. The SMILES string of the molecule is CCCN1CC[C@H](N)[C@@H](Cc2ccccc2)C1. The molecule has 0 saturated carbocycles. The molecule has 2 rings (SSSR count). The van der Waals surface area contributed by atoms with Crippen LogP contribution in [0, 0.1) is 5.92 Å². The lowest BCUT2D eigenvalue weighted by Crippen LogP contribution is -2.48. The first kappa shape index (κ1) is 12.6. The van der Waals surface area contributed by atoms with E-state index in [9.17, 15) is 0 Å². The lowest BCUT2D eigenvalue weighted by Gasteiger charge is -2.37.